The molecule has 5 nitrogen and oxygen atoms in total. The average Bonchev–Trinajstić information content (AvgIpc) is 3.58. The van der Waals surface area contributed by atoms with Crippen molar-refractivity contribution in [2.24, 2.45) is 11.8 Å². The highest BCUT2D eigenvalue weighted by molar-refractivity contribution is 7.18. The maximum absolute atomic E-state index is 13.7. The van der Waals surface area contributed by atoms with E-state index in [0.717, 1.165) is 41.0 Å². The summed E-state index contributed by atoms with van der Waals surface area (Å²) in [6.07, 6.45) is 9.85. The van der Waals surface area contributed by atoms with Crippen molar-refractivity contribution in [2.45, 2.75) is 63.3 Å². The summed E-state index contributed by atoms with van der Waals surface area (Å²) in [5.74, 6) is 3.74. The van der Waals surface area contributed by atoms with Gasteiger partial charge in [-0.3, -0.25) is 9.36 Å². The van der Waals surface area contributed by atoms with Gasteiger partial charge in [0.05, 0.1) is 25.1 Å². The molecule has 4 aromatic rings. The molecule has 3 aromatic heterocycles. The van der Waals surface area contributed by atoms with E-state index in [4.69, 9.17) is 14.1 Å². The first-order valence-corrected chi connectivity index (χ1v) is 13.6. The van der Waals surface area contributed by atoms with Gasteiger partial charge in [-0.1, -0.05) is 13.0 Å². The minimum absolute atomic E-state index is 0.0553. The van der Waals surface area contributed by atoms with Crippen molar-refractivity contribution in [1.82, 2.24) is 9.55 Å². The Kier molecular flexibility index (Phi) is 4.79. The molecule has 4 atom stereocenters. The molecule has 0 unspecified atom stereocenters. The second-order valence-electron chi connectivity index (χ2n) is 10.8. The van der Waals surface area contributed by atoms with E-state index in [-0.39, 0.29) is 11.0 Å². The van der Waals surface area contributed by atoms with Crippen LogP contribution in [0.5, 0.6) is 5.75 Å². The number of fused-ring (bicyclic) bond motifs is 9. The first kappa shape index (κ1) is 21.4. The number of ether oxygens (including phenoxy) is 1. The van der Waals surface area contributed by atoms with Gasteiger partial charge in [0.1, 0.15) is 16.3 Å². The quantitative estimate of drug-likeness (QED) is 0.362. The van der Waals surface area contributed by atoms with E-state index < -0.39 is 0 Å². The molecule has 35 heavy (non-hydrogen) atoms. The SMILES string of the molecule is COc1ccc2c(c1)CC[C@@H]1[C@@H]2CC[C@]2(C)c3c(sc4ncn(CCc5ccco5)c(=O)c34)C[C@H]12. The summed E-state index contributed by atoms with van der Waals surface area (Å²) >= 11 is 1.76. The Morgan fingerprint density at radius 1 is 1.29 bits per heavy atom. The molecule has 0 radical (unpaired) electrons. The van der Waals surface area contributed by atoms with Gasteiger partial charge in [-0.2, -0.15) is 0 Å². The topological polar surface area (TPSA) is 57.3 Å². The predicted molar refractivity (Wildman–Crippen MR) is 138 cm³/mol. The lowest BCUT2D eigenvalue weighted by Crippen LogP contribution is -2.43. The van der Waals surface area contributed by atoms with Crippen molar-refractivity contribution in [3.05, 3.63) is 80.6 Å². The smallest absolute Gasteiger partial charge is 0.262 e. The maximum Gasteiger partial charge on any atom is 0.262 e. The number of hydrogen-bond donors (Lipinski definition) is 0. The number of hydrogen-bond acceptors (Lipinski definition) is 5. The lowest BCUT2D eigenvalue weighted by Gasteiger charge is -2.49. The largest absolute Gasteiger partial charge is 0.497 e. The van der Waals surface area contributed by atoms with Crippen LogP contribution in [0.4, 0.5) is 0 Å². The summed E-state index contributed by atoms with van der Waals surface area (Å²) < 4.78 is 12.8. The van der Waals surface area contributed by atoms with Crippen molar-refractivity contribution in [1.29, 1.82) is 0 Å². The summed E-state index contributed by atoms with van der Waals surface area (Å²) in [6, 6.07) is 10.5. The Morgan fingerprint density at radius 3 is 3.03 bits per heavy atom. The molecule has 0 N–H and O–H groups in total. The van der Waals surface area contributed by atoms with Crippen LogP contribution in [-0.4, -0.2) is 16.7 Å². The van der Waals surface area contributed by atoms with Crippen LogP contribution in [-0.2, 0) is 31.2 Å². The third-order valence-corrected chi connectivity index (χ3v) is 10.4. The van der Waals surface area contributed by atoms with Crippen LogP contribution >= 0.6 is 11.3 Å². The molecule has 7 rings (SSSR count). The summed E-state index contributed by atoms with van der Waals surface area (Å²) in [6.45, 7) is 3.03. The highest BCUT2D eigenvalue weighted by Gasteiger charge is 2.54. The van der Waals surface area contributed by atoms with Crippen molar-refractivity contribution >= 4 is 21.6 Å². The molecule has 1 aromatic carbocycles. The van der Waals surface area contributed by atoms with Gasteiger partial charge in [-0.15, -0.1) is 11.3 Å². The molecule has 6 heteroatoms. The number of thiophene rings is 1. The molecule has 1 saturated carbocycles. The van der Waals surface area contributed by atoms with E-state index in [9.17, 15) is 4.79 Å². The molecule has 180 valence electrons. The number of methoxy groups -OCH3 is 1. The van der Waals surface area contributed by atoms with Crippen LogP contribution in [0.25, 0.3) is 10.2 Å². The summed E-state index contributed by atoms with van der Waals surface area (Å²) in [5, 5.41) is 0.886. The Bertz CT molecular complexity index is 1480. The second-order valence-corrected chi connectivity index (χ2v) is 11.9. The van der Waals surface area contributed by atoms with Crippen LogP contribution in [0.15, 0.2) is 52.1 Å². The van der Waals surface area contributed by atoms with E-state index in [0.29, 0.717) is 30.7 Å². The average molecular weight is 487 g/mol. The second kappa shape index (κ2) is 7.82. The van der Waals surface area contributed by atoms with Crippen LogP contribution in [0.2, 0.25) is 0 Å². The van der Waals surface area contributed by atoms with Crippen molar-refractivity contribution in [3.8, 4) is 5.75 Å². The standard InChI is InChI=1S/C29H30N2O3S/c1-29-11-9-21-20-8-6-19(33-2)14-17(20)5-7-22(21)23(29)15-24-26(29)25-27(35-24)30-16-31(28(25)32)12-10-18-4-3-13-34-18/h3-4,6,8,13-14,16,21-23H,5,7,9-12,15H2,1-2H3/t21-,22-,23-,29+/m1/s1. The number of aromatic nitrogens is 2. The predicted octanol–water partition coefficient (Wildman–Crippen LogP) is 5.87. The van der Waals surface area contributed by atoms with E-state index in [2.05, 4.69) is 25.1 Å². The summed E-state index contributed by atoms with van der Waals surface area (Å²) in [4.78, 5) is 20.8. The third kappa shape index (κ3) is 3.11. The monoisotopic (exact) mass is 486 g/mol. The summed E-state index contributed by atoms with van der Waals surface area (Å²) in [7, 11) is 1.75. The van der Waals surface area contributed by atoms with E-state index in [1.54, 1.807) is 35.6 Å². The Hall–Kier alpha value is -2.86. The van der Waals surface area contributed by atoms with Crippen LogP contribution in [0, 0.1) is 11.8 Å². The number of benzene rings is 1. The van der Waals surface area contributed by atoms with E-state index in [1.165, 1.54) is 34.4 Å². The lowest BCUT2D eigenvalue weighted by molar-refractivity contribution is 0.106. The van der Waals surface area contributed by atoms with Crippen LogP contribution in [0.3, 0.4) is 0 Å². The third-order valence-electron chi connectivity index (χ3n) is 9.23. The Labute approximate surface area is 208 Å². The molecule has 0 amide bonds. The van der Waals surface area contributed by atoms with Crippen LogP contribution < -0.4 is 10.3 Å². The van der Waals surface area contributed by atoms with Crippen molar-refractivity contribution in [2.75, 3.05) is 7.11 Å². The first-order chi connectivity index (χ1) is 17.1. The fourth-order valence-corrected chi connectivity index (χ4v) is 8.88. The Morgan fingerprint density at radius 2 is 2.20 bits per heavy atom. The minimum atomic E-state index is 0.0553. The zero-order chi connectivity index (χ0) is 23.7. The zero-order valence-electron chi connectivity index (χ0n) is 20.3. The van der Waals surface area contributed by atoms with E-state index in [1.807, 2.05) is 12.1 Å². The van der Waals surface area contributed by atoms with Crippen LogP contribution in [0.1, 0.15) is 59.4 Å². The molecule has 3 heterocycles. The molecule has 0 aliphatic heterocycles. The Balaban J connectivity index is 1.25. The van der Waals surface area contributed by atoms with Gasteiger partial charge in [-0.05, 0) is 96.2 Å². The number of furan rings is 1. The molecule has 3 aliphatic rings. The fraction of sp³-hybridized carbons (Fsp3) is 0.448. The van der Waals surface area contributed by atoms with Crippen molar-refractivity contribution < 1.29 is 9.15 Å². The molecule has 0 spiro atoms. The van der Waals surface area contributed by atoms with Crippen molar-refractivity contribution in [3.63, 3.8) is 0 Å². The van der Waals surface area contributed by atoms with Gasteiger partial charge < -0.3 is 9.15 Å². The normalized spacial score (nSPS) is 26.7. The molecule has 3 aliphatic carbocycles. The van der Waals surface area contributed by atoms with Gasteiger partial charge in [0.2, 0.25) is 0 Å². The number of aryl methyl sites for hydroxylation is 3. The van der Waals surface area contributed by atoms with Gasteiger partial charge in [0.15, 0.2) is 0 Å². The zero-order valence-corrected chi connectivity index (χ0v) is 21.1. The fourth-order valence-electron chi connectivity index (χ4n) is 7.56. The summed E-state index contributed by atoms with van der Waals surface area (Å²) in [5.41, 5.74) is 4.50. The molecule has 0 saturated heterocycles. The molecular weight excluding hydrogens is 456 g/mol. The molecule has 0 bridgehead atoms. The molecular formula is C29H30N2O3S. The number of rotatable bonds is 4. The number of nitrogens with zero attached hydrogens (tertiary/aromatic N) is 2. The van der Waals surface area contributed by atoms with E-state index >= 15 is 0 Å². The first-order valence-electron chi connectivity index (χ1n) is 12.8. The maximum atomic E-state index is 13.7. The van der Waals surface area contributed by atoms with Gasteiger partial charge in [0.25, 0.3) is 5.56 Å². The van der Waals surface area contributed by atoms with Gasteiger partial charge >= 0.3 is 0 Å². The molecule has 1 fully saturated rings. The minimum Gasteiger partial charge on any atom is -0.497 e. The lowest BCUT2D eigenvalue weighted by atomic mass is 9.55. The van der Waals surface area contributed by atoms with Gasteiger partial charge in [0, 0.05) is 17.8 Å². The highest BCUT2D eigenvalue weighted by atomic mass is 32.1. The highest BCUT2D eigenvalue weighted by Crippen LogP contribution is 2.62. The van der Waals surface area contributed by atoms with Gasteiger partial charge in [-0.25, -0.2) is 4.98 Å².